The van der Waals surface area contributed by atoms with E-state index in [0.29, 0.717) is 18.9 Å². The molecule has 0 aliphatic carbocycles. The third-order valence-corrected chi connectivity index (χ3v) is 3.25. The predicted octanol–water partition coefficient (Wildman–Crippen LogP) is 2.68. The molecule has 0 aromatic rings. The molecule has 0 N–H and O–H groups in total. The number of hydrogen-bond donors (Lipinski definition) is 0. The van der Waals surface area contributed by atoms with Crippen LogP contribution in [-0.4, -0.2) is 36.7 Å². The summed E-state index contributed by atoms with van der Waals surface area (Å²) in [6, 6.07) is 2.09. The molecule has 0 heterocycles. The van der Waals surface area contributed by atoms with Gasteiger partial charge in [-0.05, 0) is 25.9 Å². The van der Waals surface area contributed by atoms with Crippen LogP contribution in [-0.2, 0) is 4.74 Å². The van der Waals surface area contributed by atoms with Crippen LogP contribution in [0.4, 0.5) is 0 Å². The Labute approximate surface area is 112 Å². The second-order valence-electron chi connectivity index (χ2n) is 4.78. The fourth-order valence-corrected chi connectivity index (χ4v) is 1.43. The van der Waals surface area contributed by atoms with Crippen molar-refractivity contribution in [2.75, 3.05) is 26.2 Å². The van der Waals surface area contributed by atoms with E-state index in [0.717, 1.165) is 19.6 Å². The number of rotatable bonds is 7. The van der Waals surface area contributed by atoms with E-state index in [9.17, 15) is 0 Å². The second kappa shape index (κ2) is 8.97. The summed E-state index contributed by atoms with van der Waals surface area (Å²) >= 11 is 0. The van der Waals surface area contributed by atoms with Crippen LogP contribution in [0.5, 0.6) is 0 Å². The summed E-state index contributed by atoms with van der Waals surface area (Å²) in [6.07, 6.45) is 0.417. The molecule has 3 nitrogen and oxygen atoms in total. The zero-order valence-electron chi connectivity index (χ0n) is 12.4. The molecule has 0 aliphatic rings. The first-order valence-electron chi connectivity index (χ1n) is 6.73. The highest BCUT2D eigenvalue weighted by Gasteiger charge is 2.26. The topological polar surface area (TPSA) is 36.3 Å². The smallest absolute Gasteiger partial charge is 0.128 e. The number of ether oxygens (including phenoxy) is 1. The first-order chi connectivity index (χ1) is 8.50. The van der Waals surface area contributed by atoms with E-state index in [1.807, 2.05) is 6.92 Å². The summed E-state index contributed by atoms with van der Waals surface area (Å²) in [7, 11) is 0. The molecule has 0 fully saturated rings. The summed E-state index contributed by atoms with van der Waals surface area (Å²) in [5.74, 6) is 6.74. The molecule has 1 atom stereocenters. The van der Waals surface area contributed by atoms with E-state index < -0.39 is 5.60 Å². The summed E-state index contributed by atoms with van der Waals surface area (Å²) in [5, 5.41) is 8.54. The Morgan fingerprint density at radius 3 is 2.33 bits per heavy atom. The van der Waals surface area contributed by atoms with Gasteiger partial charge in [-0.25, -0.2) is 0 Å². The highest BCUT2D eigenvalue weighted by atomic mass is 16.5. The molecular formula is C15H26N2O. The molecule has 0 saturated carbocycles. The van der Waals surface area contributed by atoms with Crippen molar-refractivity contribution in [3.05, 3.63) is 0 Å². The summed E-state index contributed by atoms with van der Waals surface area (Å²) in [6.45, 7) is 13.7. The van der Waals surface area contributed by atoms with Crippen molar-refractivity contribution in [1.29, 1.82) is 5.26 Å². The van der Waals surface area contributed by atoms with Gasteiger partial charge in [0.05, 0.1) is 25.6 Å². The Morgan fingerprint density at radius 2 is 1.89 bits per heavy atom. The molecule has 0 aliphatic heterocycles. The SMILES string of the molecule is CCN(CC)CC#CC(C)(OCCC#N)C(C)C. The molecule has 0 bridgehead atoms. The van der Waals surface area contributed by atoms with Gasteiger partial charge in [0.2, 0.25) is 0 Å². The molecule has 0 spiro atoms. The molecule has 0 aromatic heterocycles. The summed E-state index contributed by atoms with van der Waals surface area (Å²) in [5.41, 5.74) is -0.454. The molecule has 102 valence electrons. The van der Waals surface area contributed by atoms with Crippen LogP contribution in [0.3, 0.4) is 0 Å². The van der Waals surface area contributed by atoms with Crippen LogP contribution in [0.25, 0.3) is 0 Å². The van der Waals surface area contributed by atoms with Crippen molar-refractivity contribution in [1.82, 2.24) is 4.90 Å². The normalized spacial score (nSPS) is 13.9. The van der Waals surface area contributed by atoms with Crippen LogP contribution in [0.15, 0.2) is 0 Å². The van der Waals surface area contributed by atoms with Gasteiger partial charge in [0.25, 0.3) is 0 Å². The van der Waals surface area contributed by atoms with Crippen LogP contribution in [0, 0.1) is 29.1 Å². The predicted molar refractivity (Wildman–Crippen MR) is 75.0 cm³/mol. The zero-order chi connectivity index (χ0) is 14.0. The van der Waals surface area contributed by atoms with Gasteiger partial charge in [0.15, 0.2) is 0 Å². The van der Waals surface area contributed by atoms with Crippen molar-refractivity contribution in [3.8, 4) is 17.9 Å². The van der Waals surface area contributed by atoms with Crippen LogP contribution >= 0.6 is 0 Å². The maximum absolute atomic E-state index is 8.54. The number of nitriles is 1. The Kier molecular flexibility index (Phi) is 8.46. The van der Waals surface area contributed by atoms with Crippen molar-refractivity contribution < 1.29 is 4.74 Å². The molecule has 3 heteroatoms. The fraction of sp³-hybridized carbons (Fsp3) is 0.800. The largest absolute Gasteiger partial charge is 0.361 e. The van der Waals surface area contributed by atoms with E-state index in [1.54, 1.807) is 0 Å². The van der Waals surface area contributed by atoms with Gasteiger partial charge in [0, 0.05) is 0 Å². The average molecular weight is 250 g/mol. The highest BCUT2D eigenvalue weighted by molar-refractivity contribution is 5.15. The summed E-state index contributed by atoms with van der Waals surface area (Å²) < 4.78 is 5.77. The van der Waals surface area contributed by atoms with E-state index in [1.165, 1.54) is 0 Å². The monoisotopic (exact) mass is 250 g/mol. The highest BCUT2D eigenvalue weighted by Crippen LogP contribution is 2.20. The van der Waals surface area contributed by atoms with Gasteiger partial charge >= 0.3 is 0 Å². The molecule has 18 heavy (non-hydrogen) atoms. The van der Waals surface area contributed by atoms with E-state index in [2.05, 4.69) is 50.5 Å². The maximum atomic E-state index is 8.54. The second-order valence-corrected chi connectivity index (χ2v) is 4.78. The molecule has 0 rings (SSSR count). The average Bonchev–Trinajstić information content (AvgIpc) is 2.35. The van der Waals surface area contributed by atoms with Crippen LogP contribution < -0.4 is 0 Å². The minimum atomic E-state index is -0.454. The van der Waals surface area contributed by atoms with Gasteiger partial charge in [-0.3, -0.25) is 4.90 Å². The summed E-state index contributed by atoms with van der Waals surface area (Å²) in [4.78, 5) is 2.27. The standard InChI is InChI=1S/C15H26N2O/c1-6-17(7-2)12-8-10-15(5,14(3)4)18-13-9-11-16/h14H,6-7,9,12-13H2,1-5H3. The first kappa shape index (κ1) is 17.0. The van der Waals surface area contributed by atoms with Crippen molar-refractivity contribution in [3.63, 3.8) is 0 Å². The van der Waals surface area contributed by atoms with E-state index >= 15 is 0 Å². The lowest BCUT2D eigenvalue weighted by Crippen LogP contribution is -2.34. The van der Waals surface area contributed by atoms with Crippen molar-refractivity contribution in [2.45, 2.75) is 46.6 Å². The Balaban J connectivity index is 4.51. The van der Waals surface area contributed by atoms with Gasteiger partial charge in [0.1, 0.15) is 5.60 Å². The van der Waals surface area contributed by atoms with E-state index in [-0.39, 0.29) is 0 Å². The number of hydrogen-bond acceptors (Lipinski definition) is 3. The van der Waals surface area contributed by atoms with Crippen LogP contribution in [0.1, 0.15) is 41.0 Å². The molecule has 0 amide bonds. The maximum Gasteiger partial charge on any atom is 0.128 e. The fourth-order valence-electron chi connectivity index (χ4n) is 1.43. The van der Waals surface area contributed by atoms with Gasteiger partial charge < -0.3 is 4.74 Å². The number of nitrogens with zero attached hydrogens (tertiary/aromatic N) is 2. The third kappa shape index (κ3) is 6.05. The lowest BCUT2D eigenvalue weighted by Gasteiger charge is -2.28. The van der Waals surface area contributed by atoms with Gasteiger partial charge in [-0.1, -0.05) is 39.5 Å². The zero-order valence-corrected chi connectivity index (χ0v) is 12.4. The third-order valence-electron chi connectivity index (χ3n) is 3.25. The molecule has 1 unspecified atom stereocenters. The van der Waals surface area contributed by atoms with Gasteiger partial charge in [-0.2, -0.15) is 5.26 Å². The van der Waals surface area contributed by atoms with Crippen molar-refractivity contribution >= 4 is 0 Å². The van der Waals surface area contributed by atoms with Gasteiger partial charge in [-0.15, -0.1) is 0 Å². The molecular weight excluding hydrogens is 224 g/mol. The quantitative estimate of drug-likeness (QED) is 0.515. The lowest BCUT2D eigenvalue weighted by atomic mass is 9.93. The Bertz CT molecular complexity index is 318. The first-order valence-corrected chi connectivity index (χ1v) is 6.73. The minimum absolute atomic E-state index is 0.306. The Hall–Kier alpha value is -1.03. The minimum Gasteiger partial charge on any atom is -0.361 e. The Morgan fingerprint density at radius 1 is 1.28 bits per heavy atom. The van der Waals surface area contributed by atoms with Crippen molar-refractivity contribution in [2.24, 2.45) is 5.92 Å². The lowest BCUT2D eigenvalue weighted by molar-refractivity contribution is -0.0167. The van der Waals surface area contributed by atoms with E-state index in [4.69, 9.17) is 10.00 Å². The molecule has 0 radical (unpaired) electrons. The van der Waals surface area contributed by atoms with Crippen LogP contribution in [0.2, 0.25) is 0 Å². The molecule has 0 aromatic carbocycles. The molecule has 0 saturated heterocycles.